The first-order valence-electron chi connectivity index (χ1n) is 7.39. The van der Waals surface area contributed by atoms with E-state index in [0.29, 0.717) is 11.4 Å². The second-order valence-electron chi connectivity index (χ2n) is 5.23. The molecule has 0 aliphatic carbocycles. The van der Waals surface area contributed by atoms with Crippen molar-refractivity contribution < 1.29 is 13.2 Å². The highest BCUT2D eigenvalue weighted by Gasteiger charge is 2.21. The molecule has 3 aromatic rings. The highest BCUT2D eigenvalue weighted by atomic mass is 35.5. The Morgan fingerprint density at radius 2 is 1.85 bits per heavy atom. The molecule has 0 aliphatic rings. The summed E-state index contributed by atoms with van der Waals surface area (Å²) in [6.07, 6.45) is 2.98. The van der Waals surface area contributed by atoms with Gasteiger partial charge in [-0.3, -0.25) is 9.71 Å². The molecule has 0 spiro atoms. The fraction of sp³-hybridized carbons (Fsp3) is 0.0588. The second-order valence-corrected chi connectivity index (χ2v) is 7.73. The van der Waals surface area contributed by atoms with Crippen molar-refractivity contribution in [3.8, 4) is 11.6 Å². The van der Waals surface area contributed by atoms with E-state index in [2.05, 4.69) is 14.7 Å². The SMILES string of the molecule is Cc1ncccc1Oc1ncc(Cl)cc1NS(=O)(=O)c1ccccc1Cl. The molecule has 1 N–H and O–H groups in total. The fourth-order valence-electron chi connectivity index (χ4n) is 2.13. The van der Waals surface area contributed by atoms with Crippen molar-refractivity contribution in [3.05, 3.63) is 70.6 Å². The summed E-state index contributed by atoms with van der Waals surface area (Å²) in [5.74, 6) is 0.488. The molecule has 0 aliphatic heterocycles. The van der Waals surface area contributed by atoms with Crippen LogP contribution in [0.3, 0.4) is 0 Å². The average Bonchev–Trinajstić information content (AvgIpc) is 2.59. The van der Waals surface area contributed by atoms with Crippen LogP contribution in [0.2, 0.25) is 10.0 Å². The Bertz CT molecular complexity index is 1060. The maximum atomic E-state index is 12.7. The van der Waals surface area contributed by atoms with Crippen LogP contribution in [-0.2, 0) is 10.0 Å². The number of nitrogens with one attached hydrogen (secondary N) is 1. The van der Waals surface area contributed by atoms with Gasteiger partial charge < -0.3 is 4.74 Å². The third-order valence-electron chi connectivity index (χ3n) is 3.35. The molecule has 6 nitrogen and oxygen atoms in total. The van der Waals surface area contributed by atoms with Crippen LogP contribution in [-0.4, -0.2) is 18.4 Å². The van der Waals surface area contributed by atoms with E-state index >= 15 is 0 Å². The van der Waals surface area contributed by atoms with Crippen molar-refractivity contribution in [1.29, 1.82) is 0 Å². The number of hydrogen-bond acceptors (Lipinski definition) is 5. The number of ether oxygens (including phenoxy) is 1. The summed E-state index contributed by atoms with van der Waals surface area (Å²) >= 11 is 12.0. The number of aromatic nitrogens is 2. The van der Waals surface area contributed by atoms with Crippen molar-refractivity contribution in [2.75, 3.05) is 4.72 Å². The summed E-state index contributed by atoms with van der Waals surface area (Å²) in [4.78, 5) is 8.13. The van der Waals surface area contributed by atoms with Gasteiger partial charge in [0.15, 0.2) is 5.75 Å². The Kier molecular flexibility index (Phi) is 5.31. The monoisotopic (exact) mass is 409 g/mol. The number of anilines is 1. The van der Waals surface area contributed by atoms with Crippen LogP contribution in [0.15, 0.2) is 59.8 Å². The van der Waals surface area contributed by atoms with Gasteiger partial charge in [-0.15, -0.1) is 0 Å². The fourth-order valence-corrected chi connectivity index (χ4v) is 3.85. The second kappa shape index (κ2) is 7.49. The first kappa shape index (κ1) is 18.4. The Morgan fingerprint density at radius 3 is 2.58 bits per heavy atom. The third kappa shape index (κ3) is 4.07. The summed E-state index contributed by atoms with van der Waals surface area (Å²) < 4.78 is 33.5. The standard InChI is InChI=1S/C17H13Cl2N3O3S/c1-11-15(6-4-8-20-11)25-17-14(9-12(18)10-21-17)22-26(23,24)16-7-3-2-5-13(16)19/h2-10,22H,1H3. The number of halogens is 2. The maximum Gasteiger partial charge on any atom is 0.263 e. The number of rotatable bonds is 5. The van der Waals surface area contributed by atoms with Crippen LogP contribution in [0, 0.1) is 6.92 Å². The molecular weight excluding hydrogens is 397 g/mol. The predicted octanol–water partition coefficient (Wildman–Crippen LogP) is 4.68. The topological polar surface area (TPSA) is 81.2 Å². The van der Waals surface area contributed by atoms with Crippen molar-refractivity contribution in [2.24, 2.45) is 0 Å². The summed E-state index contributed by atoms with van der Waals surface area (Å²) in [6, 6.07) is 10.9. The van der Waals surface area contributed by atoms with Crippen molar-refractivity contribution >= 4 is 38.9 Å². The number of benzene rings is 1. The molecule has 0 bridgehead atoms. The maximum absolute atomic E-state index is 12.7. The zero-order chi connectivity index (χ0) is 18.7. The average molecular weight is 410 g/mol. The molecule has 26 heavy (non-hydrogen) atoms. The molecule has 0 saturated carbocycles. The Balaban J connectivity index is 1.99. The lowest BCUT2D eigenvalue weighted by Crippen LogP contribution is -2.14. The molecule has 2 aromatic heterocycles. The molecule has 2 heterocycles. The van der Waals surface area contributed by atoms with Gasteiger partial charge in [-0.25, -0.2) is 13.4 Å². The quantitative estimate of drug-likeness (QED) is 0.660. The Morgan fingerprint density at radius 1 is 1.08 bits per heavy atom. The van der Waals surface area contributed by atoms with E-state index in [1.165, 1.54) is 24.4 Å². The van der Waals surface area contributed by atoms with E-state index in [9.17, 15) is 8.42 Å². The number of pyridine rings is 2. The predicted molar refractivity (Wildman–Crippen MR) is 101 cm³/mol. The minimum Gasteiger partial charge on any atom is -0.435 e. The van der Waals surface area contributed by atoms with Gasteiger partial charge in [0, 0.05) is 12.4 Å². The zero-order valence-corrected chi connectivity index (χ0v) is 15.8. The molecule has 9 heteroatoms. The lowest BCUT2D eigenvalue weighted by Gasteiger charge is -2.14. The number of sulfonamides is 1. The van der Waals surface area contributed by atoms with Crippen molar-refractivity contribution in [2.45, 2.75) is 11.8 Å². The van der Waals surface area contributed by atoms with Crippen LogP contribution in [0.4, 0.5) is 5.69 Å². The normalized spacial score (nSPS) is 11.2. The highest BCUT2D eigenvalue weighted by molar-refractivity contribution is 7.92. The molecule has 0 radical (unpaired) electrons. The van der Waals surface area contributed by atoms with Gasteiger partial charge in [0.05, 0.1) is 15.7 Å². The summed E-state index contributed by atoms with van der Waals surface area (Å²) in [5, 5.41) is 0.345. The minimum atomic E-state index is -3.96. The van der Waals surface area contributed by atoms with Crippen LogP contribution in [0.5, 0.6) is 11.6 Å². The lowest BCUT2D eigenvalue weighted by molar-refractivity contribution is 0.459. The largest absolute Gasteiger partial charge is 0.435 e. The highest BCUT2D eigenvalue weighted by Crippen LogP contribution is 2.33. The van der Waals surface area contributed by atoms with Gasteiger partial charge in [-0.05, 0) is 37.3 Å². The Hall–Kier alpha value is -2.35. The first-order chi connectivity index (χ1) is 12.4. The smallest absolute Gasteiger partial charge is 0.263 e. The summed E-state index contributed by atoms with van der Waals surface area (Å²) in [6.45, 7) is 1.76. The van der Waals surface area contributed by atoms with Gasteiger partial charge in [-0.1, -0.05) is 35.3 Å². The van der Waals surface area contributed by atoms with E-state index in [1.807, 2.05) is 0 Å². The van der Waals surface area contributed by atoms with Crippen LogP contribution < -0.4 is 9.46 Å². The van der Waals surface area contributed by atoms with Crippen molar-refractivity contribution in [3.63, 3.8) is 0 Å². The molecule has 3 rings (SSSR count). The van der Waals surface area contributed by atoms with Gasteiger partial charge in [0.25, 0.3) is 10.0 Å². The van der Waals surface area contributed by atoms with E-state index in [-0.39, 0.29) is 26.5 Å². The Labute approximate surface area is 160 Å². The third-order valence-corrected chi connectivity index (χ3v) is 5.43. The van der Waals surface area contributed by atoms with Crippen molar-refractivity contribution in [1.82, 2.24) is 9.97 Å². The molecule has 0 fully saturated rings. The van der Waals surface area contributed by atoms with E-state index in [0.717, 1.165) is 0 Å². The first-order valence-corrected chi connectivity index (χ1v) is 9.63. The number of aryl methyl sites for hydroxylation is 1. The zero-order valence-electron chi connectivity index (χ0n) is 13.5. The molecule has 0 unspecified atom stereocenters. The number of nitrogens with zero attached hydrogens (tertiary/aromatic N) is 2. The van der Waals surface area contributed by atoms with E-state index < -0.39 is 10.0 Å². The van der Waals surface area contributed by atoms with Gasteiger partial charge in [0.2, 0.25) is 5.88 Å². The molecule has 0 saturated heterocycles. The van der Waals surface area contributed by atoms with Gasteiger partial charge in [-0.2, -0.15) is 0 Å². The minimum absolute atomic E-state index is 0.0427. The molecule has 0 atom stereocenters. The van der Waals surface area contributed by atoms with Gasteiger partial charge >= 0.3 is 0 Å². The van der Waals surface area contributed by atoms with Crippen LogP contribution in [0.1, 0.15) is 5.69 Å². The molecular formula is C17H13Cl2N3O3S. The molecule has 1 aromatic carbocycles. The van der Waals surface area contributed by atoms with E-state index in [1.54, 1.807) is 37.4 Å². The molecule has 0 amide bonds. The van der Waals surface area contributed by atoms with Gasteiger partial charge in [0.1, 0.15) is 10.6 Å². The molecule has 134 valence electrons. The van der Waals surface area contributed by atoms with Crippen LogP contribution >= 0.6 is 23.2 Å². The lowest BCUT2D eigenvalue weighted by atomic mass is 10.3. The van der Waals surface area contributed by atoms with Crippen LogP contribution in [0.25, 0.3) is 0 Å². The summed E-state index contributed by atoms with van der Waals surface area (Å²) in [5.41, 5.74) is 0.713. The summed E-state index contributed by atoms with van der Waals surface area (Å²) in [7, 11) is -3.96. The number of hydrogen-bond donors (Lipinski definition) is 1. The van der Waals surface area contributed by atoms with E-state index in [4.69, 9.17) is 27.9 Å².